The molecule has 3 amide bonds. The third-order valence-electron chi connectivity index (χ3n) is 4.38. The van der Waals surface area contributed by atoms with Gasteiger partial charge in [0.05, 0.1) is 13.3 Å². The van der Waals surface area contributed by atoms with Crippen LogP contribution in [-0.2, 0) is 14.4 Å². The van der Waals surface area contributed by atoms with Crippen LogP contribution in [0.15, 0.2) is 76.3 Å². The number of hydrazone groups is 1. The third kappa shape index (κ3) is 8.13. The van der Waals surface area contributed by atoms with Crippen molar-refractivity contribution < 1.29 is 23.9 Å². The normalized spacial score (nSPS) is 10.5. The molecule has 0 aliphatic carbocycles. The molecule has 0 spiro atoms. The average molecular weight is 560 g/mol. The minimum Gasteiger partial charge on any atom is -0.497 e. The first-order valence-corrected chi connectivity index (χ1v) is 11.3. The van der Waals surface area contributed by atoms with Gasteiger partial charge in [0.15, 0.2) is 6.61 Å². The van der Waals surface area contributed by atoms with E-state index in [9.17, 15) is 14.4 Å². The molecule has 3 N–H and O–H groups in total. The summed E-state index contributed by atoms with van der Waals surface area (Å²) in [7, 11) is 1.52. The number of amides is 3. The lowest BCUT2D eigenvalue weighted by Gasteiger charge is -2.10. The molecule has 0 saturated carbocycles. The molecule has 0 atom stereocenters. The van der Waals surface area contributed by atoms with Crippen LogP contribution in [0.2, 0.25) is 5.02 Å². The molecule has 0 heterocycles. The molecule has 0 aliphatic rings. The second-order valence-electron chi connectivity index (χ2n) is 6.91. The van der Waals surface area contributed by atoms with Crippen LogP contribution < -0.4 is 25.5 Å². The molecular weight excluding hydrogens is 540 g/mol. The van der Waals surface area contributed by atoms with E-state index in [0.717, 1.165) is 4.47 Å². The van der Waals surface area contributed by atoms with Crippen molar-refractivity contribution in [3.63, 3.8) is 0 Å². The smallest absolute Gasteiger partial charge is 0.329 e. The van der Waals surface area contributed by atoms with Gasteiger partial charge in [-0.15, -0.1) is 0 Å². The van der Waals surface area contributed by atoms with Crippen LogP contribution in [-0.4, -0.2) is 37.7 Å². The molecule has 0 unspecified atom stereocenters. The van der Waals surface area contributed by atoms with Crippen LogP contribution in [0.25, 0.3) is 0 Å². The predicted octanol–water partition coefficient (Wildman–Crippen LogP) is 4.22. The molecule has 180 valence electrons. The maximum Gasteiger partial charge on any atom is 0.329 e. The second-order valence-corrected chi connectivity index (χ2v) is 8.26. The van der Waals surface area contributed by atoms with E-state index in [1.807, 2.05) is 0 Å². The second kappa shape index (κ2) is 12.5. The van der Waals surface area contributed by atoms with E-state index in [0.29, 0.717) is 33.5 Å². The van der Waals surface area contributed by atoms with Crippen molar-refractivity contribution in [2.24, 2.45) is 5.10 Å². The Morgan fingerprint density at radius 2 is 1.60 bits per heavy atom. The van der Waals surface area contributed by atoms with Gasteiger partial charge in [0.2, 0.25) is 0 Å². The fourth-order valence-electron chi connectivity index (χ4n) is 2.70. The van der Waals surface area contributed by atoms with E-state index in [4.69, 9.17) is 21.1 Å². The number of methoxy groups -OCH3 is 1. The van der Waals surface area contributed by atoms with Gasteiger partial charge in [-0.25, -0.2) is 5.43 Å². The number of halogens is 2. The highest BCUT2D eigenvalue weighted by Crippen LogP contribution is 2.22. The summed E-state index contributed by atoms with van der Waals surface area (Å²) in [5, 5.41) is 9.52. The standard InChI is InChI=1S/C24H20BrClN4O5/c1-34-20-9-7-19(8-10-20)29-23(32)24(33)30-27-13-15-12-16(25)2-11-21(15)35-14-22(31)28-18-5-3-17(26)4-6-18/h2-13H,14H2,1H3,(H,28,31)(H,29,32)(H,30,33)/b27-13-. The molecule has 0 fully saturated rings. The zero-order chi connectivity index (χ0) is 25.2. The lowest BCUT2D eigenvalue weighted by molar-refractivity contribution is -0.136. The quantitative estimate of drug-likeness (QED) is 0.217. The molecule has 0 saturated heterocycles. The van der Waals surface area contributed by atoms with Crippen LogP contribution >= 0.6 is 27.5 Å². The highest BCUT2D eigenvalue weighted by Gasteiger charge is 2.13. The van der Waals surface area contributed by atoms with Crippen LogP contribution in [0.1, 0.15) is 5.56 Å². The first-order valence-electron chi connectivity index (χ1n) is 10.1. The topological polar surface area (TPSA) is 118 Å². The van der Waals surface area contributed by atoms with E-state index in [2.05, 4.69) is 37.1 Å². The number of carbonyl (C=O) groups is 3. The number of anilines is 2. The fourth-order valence-corrected chi connectivity index (χ4v) is 3.20. The first-order chi connectivity index (χ1) is 16.8. The molecule has 11 heteroatoms. The molecular formula is C24H20BrClN4O5. The fraction of sp³-hybridized carbons (Fsp3) is 0.0833. The van der Waals surface area contributed by atoms with Crippen molar-refractivity contribution in [2.75, 3.05) is 24.4 Å². The number of nitrogens with one attached hydrogen (secondary N) is 3. The maximum absolute atomic E-state index is 12.2. The van der Waals surface area contributed by atoms with E-state index in [1.165, 1.54) is 13.3 Å². The molecule has 3 aromatic carbocycles. The Balaban J connectivity index is 1.55. The lowest BCUT2D eigenvalue weighted by atomic mass is 10.2. The lowest BCUT2D eigenvalue weighted by Crippen LogP contribution is -2.32. The van der Waals surface area contributed by atoms with Crippen molar-refractivity contribution in [1.82, 2.24) is 5.43 Å². The van der Waals surface area contributed by atoms with Gasteiger partial charge in [0.1, 0.15) is 11.5 Å². The van der Waals surface area contributed by atoms with E-state index < -0.39 is 11.8 Å². The highest BCUT2D eigenvalue weighted by molar-refractivity contribution is 9.10. The molecule has 3 aromatic rings. The van der Waals surface area contributed by atoms with E-state index >= 15 is 0 Å². The zero-order valence-corrected chi connectivity index (χ0v) is 20.7. The number of nitrogens with zero attached hydrogens (tertiary/aromatic N) is 1. The minimum atomic E-state index is -0.961. The van der Waals surface area contributed by atoms with E-state index in [1.54, 1.807) is 66.7 Å². The van der Waals surface area contributed by atoms with Crippen LogP contribution in [0.3, 0.4) is 0 Å². The maximum atomic E-state index is 12.2. The summed E-state index contributed by atoms with van der Waals surface area (Å²) in [6.45, 7) is -0.262. The molecule has 3 rings (SSSR count). The summed E-state index contributed by atoms with van der Waals surface area (Å²) in [5.41, 5.74) is 3.63. The van der Waals surface area contributed by atoms with Gasteiger partial charge in [-0.2, -0.15) is 5.10 Å². The number of hydrogen-bond acceptors (Lipinski definition) is 6. The summed E-state index contributed by atoms with van der Waals surface area (Å²) in [6.07, 6.45) is 1.30. The molecule has 35 heavy (non-hydrogen) atoms. The van der Waals surface area contributed by atoms with Crippen LogP contribution in [0, 0.1) is 0 Å². The molecule has 0 bridgehead atoms. The molecule has 0 radical (unpaired) electrons. The summed E-state index contributed by atoms with van der Waals surface area (Å²) in [6, 6.07) is 18.2. The largest absolute Gasteiger partial charge is 0.497 e. The number of ether oxygens (including phenoxy) is 2. The Morgan fingerprint density at radius 3 is 2.29 bits per heavy atom. The Kier molecular flexibility index (Phi) is 9.22. The number of hydrogen-bond donors (Lipinski definition) is 3. The summed E-state index contributed by atoms with van der Waals surface area (Å²) < 4.78 is 11.4. The zero-order valence-electron chi connectivity index (χ0n) is 18.4. The average Bonchev–Trinajstić information content (AvgIpc) is 2.85. The van der Waals surface area contributed by atoms with Crippen molar-refractivity contribution in [2.45, 2.75) is 0 Å². The van der Waals surface area contributed by atoms with Gasteiger partial charge in [-0.1, -0.05) is 27.5 Å². The Morgan fingerprint density at radius 1 is 0.943 bits per heavy atom. The van der Waals surface area contributed by atoms with Crippen molar-refractivity contribution in [3.8, 4) is 11.5 Å². The van der Waals surface area contributed by atoms with Gasteiger partial charge >= 0.3 is 11.8 Å². The Hall–Kier alpha value is -3.89. The summed E-state index contributed by atoms with van der Waals surface area (Å²) in [5.74, 6) is -1.26. The van der Waals surface area contributed by atoms with Crippen molar-refractivity contribution >= 4 is 62.8 Å². The summed E-state index contributed by atoms with van der Waals surface area (Å²) in [4.78, 5) is 36.3. The van der Waals surface area contributed by atoms with Gasteiger partial charge in [0.25, 0.3) is 5.91 Å². The SMILES string of the molecule is COc1ccc(NC(=O)C(=O)N/N=C\c2cc(Br)ccc2OCC(=O)Nc2ccc(Cl)cc2)cc1. The van der Waals surface area contributed by atoms with E-state index in [-0.39, 0.29) is 12.5 Å². The van der Waals surface area contributed by atoms with Gasteiger partial charge in [-0.3, -0.25) is 14.4 Å². The number of benzene rings is 3. The third-order valence-corrected chi connectivity index (χ3v) is 5.13. The van der Waals surface area contributed by atoms with Gasteiger partial charge < -0.3 is 20.1 Å². The van der Waals surface area contributed by atoms with Crippen molar-refractivity contribution in [1.29, 1.82) is 0 Å². The summed E-state index contributed by atoms with van der Waals surface area (Å²) >= 11 is 9.19. The van der Waals surface area contributed by atoms with Crippen LogP contribution in [0.4, 0.5) is 11.4 Å². The molecule has 9 nitrogen and oxygen atoms in total. The number of rotatable bonds is 8. The number of carbonyl (C=O) groups excluding carboxylic acids is 3. The van der Waals surface area contributed by atoms with Crippen molar-refractivity contribution in [3.05, 3.63) is 81.8 Å². The monoisotopic (exact) mass is 558 g/mol. The molecule has 0 aromatic heterocycles. The molecule has 0 aliphatic heterocycles. The predicted molar refractivity (Wildman–Crippen MR) is 137 cm³/mol. The minimum absolute atomic E-state index is 0.262. The van der Waals surface area contributed by atoms with Crippen LogP contribution in [0.5, 0.6) is 11.5 Å². The highest BCUT2D eigenvalue weighted by atomic mass is 79.9. The van der Waals surface area contributed by atoms with Gasteiger partial charge in [0, 0.05) is 26.4 Å². The van der Waals surface area contributed by atoms with Gasteiger partial charge in [-0.05, 0) is 66.7 Å². The Bertz CT molecular complexity index is 1230. The first kappa shape index (κ1) is 25.7. The Labute approximate surface area is 214 Å².